The lowest BCUT2D eigenvalue weighted by molar-refractivity contribution is -0.120. The second kappa shape index (κ2) is 93.2. The molecule has 30 nitrogen and oxygen atoms in total. The molecular formula is C97H198N9O21P5. The van der Waals surface area contributed by atoms with Crippen LogP contribution in [0.5, 0.6) is 0 Å². The normalized spacial score (nSPS) is 12.7. The Hall–Kier alpha value is -2.73. The van der Waals surface area contributed by atoms with Crippen LogP contribution in [-0.2, 0) is 97.7 Å². The lowest BCUT2D eigenvalue weighted by Gasteiger charge is -2.35. The Balaban J connectivity index is -0.000000378. The van der Waals surface area contributed by atoms with E-state index in [-0.39, 0.29) is 42.6 Å². The number of allylic oxidation sites excluding steroid dienone is 1. The largest absolute Gasteiger partial charge is 0.379 e. The highest BCUT2D eigenvalue weighted by atomic mass is 31.2. The molecule has 0 heterocycles. The fourth-order valence-electron chi connectivity index (χ4n) is 11.6. The first kappa shape index (κ1) is 140. The summed E-state index contributed by atoms with van der Waals surface area (Å²) in [5.41, 5.74) is 2.68. The number of nitrogens with one attached hydrogen (secondary N) is 4. The summed E-state index contributed by atoms with van der Waals surface area (Å²) in [5.74, 6) is -0.124. The van der Waals surface area contributed by atoms with Crippen molar-refractivity contribution in [2.75, 3.05) is 158 Å². The maximum atomic E-state index is 12.1. The maximum Gasteiger partial charge on any atom is 0.259 e. The average molecular weight is 1980 g/mol. The highest BCUT2D eigenvalue weighted by molar-refractivity contribution is 7.45. The van der Waals surface area contributed by atoms with Crippen molar-refractivity contribution in [2.24, 2.45) is 0 Å². The Labute approximate surface area is 813 Å². The van der Waals surface area contributed by atoms with Crippen molar-refractivity contribution in [1.82, 2.24) is 44.6 Å². The van der Waals surface area contributed by atoms with Crippen molar-refractivity contribution >= 4 is 77.8 Å². The molecule has 4 amide bonds. The van der Waals surface area contributed by atoms with Crippen LogP contribution < -0.4 is 21.3 Å². The number of unbranched alkanes of at least 4 members (excludes halogenated alkanes) is 4. The van der Waals surface area contributed by atoms with E-state index in [1.165, 1.54) is 0 Å². The van der Waals surface area contributed by atoms with E-state index in [9.17, 15) is 28.8 Å². The van der Waals surface area contributed by atoms with E-state index >= 15 is 0 Å². The van der Waals surface area contributed by atoms with Crippen molar-refractivity contribution in [3.8, 4) is 0 Å². The van der Waals surface area contributed by atoms with Crippen molar-refractivity contribution in [3.05, 3.63) is 60.8 Å². The van der Waals surface area contributed by atoms with E-state index in [4.69, 9.17) is 68.9 Å². The second-order valence-corrected chi connectivity index (χ2v) is 41.7. The molecule has 0 spiro atoms. The first-order valence-corrected chi connectivity index (χ1v) is 54.1. The van der Waals surface area contributed by atoms with E-state index in [2.05, 4.69) is 251 Å². The van der Waals surface area contributed by atoms with Crippen LogP contribution in [-0.4, -0.2) is 277 Å². The van der Waals surface area contributed by atoms with Crippen LogP contribution >= 0.6 is 42.6 Å². The lowest BCUT2D eigenvalue weighted by atomic mass is 10.1. The Morgan fingerprint density at radius 2 is 0.439 bits per heavy atom. The monoisotopic (exact) mass is 1980 g/mol. The zero-order valence-electron chi connectivity index (χ0n) is 88.1. The summed E-state index contributed by atoms with van der Waals surface area (Å²) in [6.45, 7) is 93.4. The smallest absolute Gasteiger partial charge is 0.259 e. The van der Waals surface area contributed by atoms with Gasteiger partial charge in [-0.3, -0.25) is 28.8 Å². The molecular weight excluding hydrogens is 1780 g/mol. The van der Waals surface area contributed by atoms with Gasteiger partial charge in [-0.2, -0.15) is 0 Å². The SMILES string of the molecule is C.C=C(C)C(=O)CCCCOP(OCCC)N(C(C)C)C(C)C.C=C(C)C(=O)NCCCCCCOP(OCCC)N(C(C)C)C(C)C.C=C(C)C(=O)NCCOCCOCCCC(=O)CCCOP(OCCC)N(C(C)C)C(C)C.C=C(C)C(=O)NCCOCCOCCOP(OCCC)N(C(C)C)C(C)C.C=C(C)C(=O)NCCOCCOP(OCCC)N(C(C)C)C(C)C. The minimum atomic E-state index is -1.10. The van der Waals surface area contributed by atoms with Crippen LogP contribution in [0.15, 0.2) is 60.8 Å². The number of ketones is 2. The predicted molar refractivity (Wildman–Crippen MR) is 554 cm³/mol. The number of Topliss-reactive ketones (excluding diaryl/α,β-unsaturated/α-hetero) is 2. The third-order valence-corrected chi connectivity index (χ3v) is 28.1. The quantitative estimate of drug-likeness (QED) is 0.0250. The molecule has 132 heavy (non-hydrogen) atoms. The van der Waals surface area contributed by atoms with Gasteiger partial charge in [0.15, 0.2) is 5.78 Å². The number of hydrogen-bond acceptors (Lipinski definition) is 26. The van der Waals surface area contributed by atoms with Gasteiger partial charge in [-0.1, -0.05) is 87.8 Å². The summed E-state index contributed by atoms with van der Waals surface area (Å²) >= 11 is 0. The van der Waals surface area contributed by atoms with E-state index in [1.807, 2.05) is 0 Å². The molecule has 35 heteroatoms. The number of ether oxygens (including phenoxy) is 5. The van der Waals surface area contributed by atoms with Gasteiger partial charge in [0.1, 0.15) is 5.78 Å². The van der Waals surface area contributed by atoms with Gasteiger partial charge in [-0.25, -0.2) is 23.4 Å². The van der Waals surface area contributed by atoms with Crippen LogP contribution in [0.4, 0.5) is 0 Å². The van der Waals surface area contributed by atoms with E-state index in [0.29, 0.717) is 259 Å². The summed E-state index contributed by atoms with van der Waals surface area (Å²) in [5, 5.41) is 11.0. The van der Waals surface area contributed by atoms with Crippen molar-refractivity contribution < 1.29 is 97.7 Å². The number of rotatable bonds is 81. The Morgan fingerprint density at radius 1 is 0.235 bits per heavy atom. The average Bonchev–Trinajstić information content (AvgIpc) is 0.898. The fraction of sp³-hybridized carbons (Fsp3) is 0.835. The Bertz CT molecular complexity index is 2840. The van der Waals surface area contributed by atoms with Gasteiger partial charge in [-0.15, -0.1) is 0 Å². The molecule has 5 atom stereocenters. The number of carbonyl (C=O) groups excluding carboxylic acids is 6. The van der Waals surface area contributed by atoms with Gasteiger partial charge >= 0.3 is 0 Å². The molecule has 0 fully saturated rings. The summed E-state index contributed by atoms with van der Waals surface area (Å²) in [4.78, 5) is 68.9. The van der Waals surface area contributed by atoms with Gasteiger partial charge in [0, 0.05) is 135 Å². The molecule has 782 valence electrons. The summed E-state index contributed by atoms with van der Waals surface area (Å²) in [7, 11) is -5.27. The zero-order valence-corrected chi connectivity index (χ0v) is 92.6. The third kappa shape index (κ3) is 80.0. The molecule has 4 N–H and O–H groups in total. The molecule has 0 radical (unpaired) electrons. The lowest BCUT2D eigenvalue weighted by Crippen LogP contribution is -2.34. The topological polar surface area (TPSA) is 305 Å². The first-order valence-electron chi connectivity index (χ1n) is 48.5. The molecule has 0 aliphatic carbocycles. The van der Waals surface area contributed by atoms with Crippen LogP contribution in [0, 0.1) is 0 Å². The van der Waals surface area contributed by atoms with Gasteiger partial charge in [0.25, 0.3) is 42.6 Å². The number of nitrogens with zero attached hydrogens (tertiary/aromatic N) is 5. The van der Waals surface area contributed by atoms with E-state index in [1.54, 1.807) is 34.6 Å². The molecule has 0 aliphatic heterocycles. The summed E-state index contributed by atoms with van der Waals surface area (Å²) in [6, 6.07) is 3.66. The molecule has 0 rings (SSSR count). The maximum absolute atomic E-state index is 12.1. The van der Waals surface area contributed by atoms with E-state index < -0.39 is 42.6 Å². The highest BCUT2D eigenvalue weighted by Crippen LogP contribution is 2.50. The van der Waals surface area contributed by atoms with Crippen LogP contribution in [0.25, 0.3) is 0 Å². The molecule has 5 unspecified atom stereocenters. The third-order valence-electron chi connectivity index (χ3n) is 17.6. The van der Waals surface area contributed by atoms with Crippen LogP contribution in [0.1, 0.15) is 318 Å². The number of carbonyl (C=O) groups is 6. The molecule has 0 bridgehead atoms. The van der Waals surface area contributed by atoms with Crippen LogP contribution in [0.2, 0.25) is 0 Å². The van der Waals surface area contributed by atoms with E-state index in [0.717, 1.165) is 90.4 Å². The van der Waals surface area contributed by atoms with Crippen LogP contribution in [0.3, 0.4) is 0 Å². The van der Waals surface area contributed by atoms with Gasteiger partial charge in [0.05, 0.1) is 126 Å². The zero-order chi connectivity index (χ0) is 101. The molecule has 0 aromatic carbocycles. The summed E-state index contributed by atoms with van der Waals surface area (Å²) < 4.78 is 98.5. The van der Waals surface area contributed by atoms with Crippen molar-refractivity contribution in [3.63, 3.8) is 0 Å². The number of amides is 4. The van der Waals surface area contributed by atoms with Gasteiger partial charge in [0.2, 0.25) is 23.6 Å². The first-order chi connectivity index (χ1) is 61.9. The fourth-order valence-corrected chi connectivity index (χ4v) is 20.0. The molecule has 0 aromatic rings. The minimum absolute atomic E-state index is 0. The molecule has 0 aromatic heterocycles. The van der Waals surface area contributed by atoms with Crippen molar-refractivity contribution in [1.29, 1.82) is 0 Å². The molecule has 0 aliphatic rings. The minimum Gasteiger partial charge on any atom is -0.379 e. The van der Waals surface area contributed by atoms with Gasteiger partial charge in [-0.05, 0) is 249 Å². The predicted octanol–water partition coefficient (Wildman–Crippen LogP) is 22.4. The summed E-state index contributed by atoms with van der Waals surface area (Å²) in [6.07, 6.45) is 13.8. The second-order valence-electron chi connectivity index (χ2n) is 34.4. The standard InChI is InChI=1S/C24H47N2O6P.C19H39N2O5P.C19H39N2O3P.C17H35N2O4P.C17H34NO3P.CH4/c1-8-14-31-33(26(21(4)5)22(6)7)32-16-10-12-23(27)11-9-15-29-18-19-30-17-13-25-24(28)20(2)3;1-8-10-25-27(21(17(4)5)18(6)7)26-15-14-24-13-12-23-11-9-20-19(22)16(2)3;1-8-14-23-25(21(17(4)5)18(6)7)24-15-12-10-9-11-13-20-19(22)16(2)3;1-8-10-22-24(19(15(4)5)16(6)7)23-13-12-21-11-9-18-17(20)14(2)3;1-8-12-20-22(18(15(4)5)16(6)7)21-13-10-9-11-17(19)14(2)3;/h21-22H,2,8-19H2,1,3-7H3,(H,25,28);17-18H,2,8-15H2,1,3-7H3,(H,20,22);17-18H,2,8-15H2,1,3-7H3,(H,20,22);15-16H,2,8-13H2,1,3-7H3,(H,18,20);15-16H,2,8-13H2,1,3-7H3;1H4. The highest BCUT2D eigenvalue weighted by Gasteiger charge is 2.32. The van der Waals surface area contributed by atoms with Gasteiger partial charge < -0.3 is 90.2 Å². The Kier molecular flexibility index (Phi) is 98.9. The van der Waals surface area contributed by atoms with Crippen molar-refractivity contribution in [2.45, 2.75) is 378 Å². The number of hydrogen-bond donors (Lipinski definition) is 4. The Morgan fingerprint density at radius 3 is 0.689 bits per heavy atom. The molecule has 0 saturated carbocycles. The molecule has 0 saturated heterocycles.